The zero-order chi connectivity index (χ0) is 35.6. The first-order chi connectivity index (χ1) is 24.1. The van der Waals surface area contributed by atoms with Crippen molar-refractivity contribution in [2.75, 3.05) is 37.5 Å². The van der Waals surface area contributed by atoms with Crippen LogP contribution in [0, 0.1) is 36.5 Å². The van der Waals surface area contributed by atoms with Crippen LogP contribution in [0.1, 0.15) is 83.8 Å². The van der Waals surface area contributed by atoms with Gasteiger partial charge in [0.15, 0.2) is 5.76 Å². The summed E-state index contributed by atoms with van der Waals surface area (Å²) in [5.74, 6) is 4.39. The number of benzene rings is 2. The average Bonchev–Trinajstić information content (AvgIpc) is 3.34. The van der Waals surface area contributed by atoms with Gasteiger partial charge in [0.1, 0.15) is 18.1 Å². The Morgan fingerprint density at radius 2 is 2.02 bits per heavy atom. The van der Waals surface area contributed by atoms with Gasteiger partial charge in [-0.2, -0.15) is 0 Å². The highest BCUT2D eigenvalue weighted by atomic mass is 35.5. The summed E-state index contributed by atoms with van der Waals surface area (Å²) in [6, 6.07) is 15.5. The van der Waals surface area contributed by atoms with Crippen LogP contribution in [0.25, 0.3) is 0 Å². The van der Waals surface area contributed by atoms with E-state index in [2.05, 4.69) is 41.7 Å². The number of fused-ring (bicyclic) bond motifs is 1. The van der Waals surface area contributed by atoms with Gasteiger partial charge in [0.25, 0.3) is 5.91 Å². The molecule has 0 bridgehead atoms. The highest BCUT2D eigenvalue weighted by molar-refractivity contribution is 7.97. The van der Waals surface area contributed by atoms with Crippen molar-refractivity contribution in [3.63, 3.8) is 0 Å². The lowest BCUT2D eigenvalue weighted by molar-refractivity contribution is 0.0947. The van der Waals surface area contributed by atoms with Crippen LogP contribution in [0.15, 0.2) is 65.1 Å². The molecule has 8 nitrogen and oxygen atoms in total. The maximum absolute atomic E-state index is 12.5. The van der Waals surface area contributed by atoms with Gasteiger partial charge in [0.05, 0.1) is 12.3 Å². The lowest BCUT2D eigenvalue weighted by atomic mass is 9.67. The quantitative estimate of drug-likeness (QED) is 0.106. The van der Waals surface area contributed by atoms with E-state index in [9.17, 15) is 9.59 Å². The molecule has 5 rings (SSSR count). The lowest BCUT2D eigenvalue weighted by Crippen LogP contribution is -2.42. The number of carbonyl (C=O) groups excluding carboxylic acids is 2. The zero-order valence-corrected chi connectivity index (χ0v) is 31.4. The van der Waals surface area contributed by atoms with Crippen molar-refractivity contribution >= 4 is 41.1 Å². The number of nitrogens with zero attached hydrogens (tertiary/aromatic N) is 1. The Morgan fingerprint density at radius 3 is 2.76 bits per heavy atom. The average molecular weight is 722 g/mol. The van der Waals surface area contributed by atoms with E-state index in [4.69, 9.17) is 31.2 Å². The standard InChI is InChI=1S/C40H52ClN3O5S/c1-26(25-50-43-40(46)37-18-28(3)38(49-37)24-47-4)8-5-9-27(2)34-16-14-32(34)22-44-21-30(12-6-10-29-11-7-13-33(41)19-29)23-48-36-17-15-31(39(42)45)20-35(36)44/h5,7,9,11,13,15,17-20,26-27,30,32,34H,6,8,10,12,14,16,21-25H2,1-4H3,(H2,42,45)(H,43,46)/b9-5+/t26-,27-,30?,32-,34-/m0/s1. The Balaban J connectivity index is 1.12. The molecule has 0 radical (unpaired) electrons. The molecule has 1 saturated carbocycles. The summed E-state index contributed by atoms with van der Waals surface area (Å²) in [5.41, 5.74) is 9.35. The van der Waals surface area contributed by atoms with E-state index in [0.29, 0.717) is 59.9 Å². The summed E-state index contributed by atoms with van der Waals surface area (Å²) in [4.78, 5) is 27.1. The number of anilines is 1. The molecule has 2 amide bonds. The van der Waals surface area contributed by atoms with E-state index in [0.717, 1.165) is 66.5 Å². The molecule has 2 aliphatic rings. The summed E-state index contributed by atoms with van der Waals surface area (Å²) in [6.45, 7) is 9.27. The minimum absolute atomic E-state index is 0.221. The predicted octanol–water partition coefficient (Wildman–Crippen LogP) is 8.65. The lowest BCUT2D eigenvalue weighted by Gasteiger charge is -2.43. The van der Waals surface area contributed by atoms with E-state index >= 15 is 0 Å². The molecule has 2 aromatic carbocycles. The first-order valence-corrected chi connectivity index (χ1v) is 19.2. The molecular formula is C40H52ClN3O5S. The molecule has 5 atom stereocenters. The van der Waals surface area contributed by atoms with Gasteiger partial charge in [-0.15, -0.1) is 0 Å². The molecule has 50 heavy (non-hydrogen) atoms. The molecule has 1 aromatic heterocycles. The van der Waals surface area contributed by atoms with Crippen molar-refractivity contribution in [2.24, 2.45) is 35.3 Å². The van der Waals surface area contributed by atoms with Crippen LogP contribution in [0.2, 0.25) is 5.02 Å². The molecule has 0 spiro atoms. The number of halogens is 1. The number of aryl methyl sites for hydroxylation is 2. The van der Waals surface area contributed by atoms with Gasteiger partial charge in [-0.05, 0) is 129 Å². The number of nitrogens with two attached hydrogens (primary N) is 1. The molecule has 1 aliphatic carbocycles. The van der Waals surface area contributed by atoms with Crippen LogP contribution >= 0.6 is 23.5 Å². The van der Waals surface area contributed by atoms with Crippen LogP contribution in [0.4, 0.5) is 5.69 Å². The van der Waals surface area contributed by atoms with Gasteiger partial charge in [-0.25, -0.2) is 0 Å². The summed E-state index contributed by atoms with van der Waals surface area (Å²) in [6.07, 6.45) is 11.1. The number of carbonyl (C=O) groups is 2. The van der Waals surface area contributed by atoms with Gasteiger partial charge in [0.2, 0.25) is 5.91 Å². The van der Waals surface area contributed by atoms with Crippen molar-refractivity contribution in [3.8, 4) is 5.75 Å². The first-order valence-electron chi connectivity index (χ1n) is 17.8. The second kappa shape index (κ2) is 18.2. The largest absolute Gasteiger partial charge is 0.491 e. The Morgan fingerprint density at radius 1 is 1.18 bits per heavy atom. The number of methoxy groups -OCH3 is 1. The second-order valence-corrected chi connectivity index (χ2v) is 15.4. The topological polar surface area (TPSA) is 107 Å². The fourth-order valence-corrected chi connectivity index (χ4v) is 8.03. The minimum atomic E-state index is -0.422. The van der Waals surface area contributed by atoms with Crippen molar-refractivity contribution in [1.82, 2.24) is 4.72 Å². The molecule has 2 heterocycles. The summed E-state index contributed by atoms with van der Waals surface area (Å²) < 4.78 is 20.0. The van der Waals surface area contributed by atoms with E-state index in [1.54, 1.807) is 19.2 Å². The molecule has 3 N–H and O–H groups in total. The number of primary amides is 1. The minimum Gasteiger partial charge on any atom is -0.491 e. The fourth-order valence-electron chi connectivity index (χ4n) is 7.08. The van der Waals surface area contributed by atoms with Gasteiger partial charge in [0, 0.05) is 42.5 Å². The zero-order valence-electron chi connectivity index (χ0n) is 29.8. The maximum atomic E-state index is 12.5. The number of ether oxygens (including phenoxy) is 2. The van der Waals surface area contributed by atoms with Crippen LogP contribution < -0.4 is 20.1 Å². The number of amides is 2. The fraction of sp³-hybridized carbons (Fsp3) is 0.500. The van der Waals surface area contributed by atoms with Crippen LogP contribution in [0.5, 0.6) is 5.75 Å². The van der Waals surface area contributed by atoms with Crippen molar-refractivity contribution in [2.45, 2.75) is 65.9 Å². The number of allylic oxidation sites excluding steroid dienone is 2. The number of furan rings is 1. The Kier molecular flexibility index (Phi) is 13.8. The van der Waals surface area contributed by atoms with Crippen LogP contribution in [0.3, 0.4) is 0 Å². The summed E-state index contributed by atoms with van der Waals surface area (Å²) >= 11 is 7.64. The molecule has 1 aliphatic heterocycles. The van der Waals surface area contributed by atoms with Gasteiger partial charge in [-0.1, -0.05) is 49.7 Å². The third-order valence-electron chi connectivity index (χ3n) is 10.1. The van der Waals surface area contributed by atoms with Gasteiger partial charge >= 0.3 is 0 Å². The van der Waals surface area contributed by atoms with Crippen LogP contribution in [-0.2, 0) is 17.8 Å². The van der Waals surface area contributed by atoms with E-state index in [1.807, 2.05) is 37.3 Å². The Bertz CT molecular complexity index is 1630. The summed E-state index contributed by atoms with van der Waals surface area (Å²) in [5, 5.41) is 0.777. The summed E-state index contributed by atoms with van der Waals surface area (Å²) in [7, 11) is 1.61. The second-order valence-electron chi connectivity index (χ2n) is 14.2. The third kappa shape index (κ3) is 10.3. The Hall–Kier alpha value is -3.40. The molecule has 270 valence electrons. The molecule has 0 saturated heterocycles. The number of hydrogen-bond acceptors (Lipinski definition) is 7. The first kappa shape index (κ1) is 37.8. The maximum Gasteiger partial charge on any atom is 0.296 e. The van der Waals surface area contributed by atoms with E-state index < -0.39 is 5.91 Å². The van der Waals surface area contributed by atoms with Crippen LogP contribution in [-0.4, -0.2) is 44.4 Å². The van der Waals surface area contributed by atoms with Gasteiger partial charge in [-0.3, -0.25) is 14.3 Å². The predicted molar refractivity (Wildman–Crippen MR) is 203 cm³/mol. The normalized spacial score (nSPS) is 20.0. The Labute approximate surface area is 306 Å². The highest BCUT2D eigenvalue weighted by Gasteiger charge is 2.36. The van der Waals surface area contributed by atoms with E-state index in [-0.39, 0.29) is 5.91 Å². The number of hydrogen-bond donors (Lipinski definition) is 2. The van der Waals surface area contributed by atoms with Crippen molar-refractivity contribution < 1.29 is 23.5 Å². The molecule has 1 unspecified atom stereocenters. The smallest absolute Gasteiger partial charge is 0.296 e. The number of rotatable bonds is 17. The monoisotopic (exact) mass is 721 g/mol. The highest BCUT2D eigenvalue weighted by Crippen LogP contribution is 2.43. The molecular weight excluding hydrogens is 670 g/mol. The third-order valence-corrected chi connectivity index (χ3v) is 11.4. The molecule has 3 aromatic rings. The van der Waals surface area contributed by atoms with Crippen molar-refractivity contribution in [1.29, 1.82) is 0 Å². The van der Waals surface area contributed by atoms with Gasteiger partial charge < -0.3 is 24.5 Å². The SMILES string of the molecule is COCc1oc(C(=O)NSC[C@@H](C)C/C=C/[C@H](C)[C@@H]2CC[C@H]2CN2CC(CCCc3cccc(Cl)c3)COc3ccc(C(N)=O)cc32)cc1C. The molecule has 1 fully saturated rings. The van der Waals surface area contributed by atoms with Crippen molar-refractivity contribution in [3.05, 3.63) is 93.9 Å². The molecule has 10 heteroatoms. The van der Waals surface area contributed by atoms with E-state index in [1.165, 1.54) is 30.4 Å². The number of nitrogens with one attached hydrogen (secondary N) is 1.